The zero-order valence-electron chi connectivity index (χ0n) is 12.2. The largest absolute Gasteiger partial charge is 0.475 e. The number of carbonyl (C=O) groups is 3. The van der Waals surface area contributed by atoms with E-state index in [9.17, 15) is 14.4 Å². The first-order valence-electron chi connectivity index (χ1n) is 6.47. The number of anilines is 3. The van der Waals surface area contributed by atoms with E-state index in [1.54, 1.807) is 0 Å². The maximum absolute atomic E-state index is 12.1. The van der Waals surface area contributed by atoms with Crippen LogP contribution in [0.25, 0.3) is 0 Å². The number of hydrogen-bond donors (Lipinski definition) is 4. The summed E-state index contributed by atoms with van der Waals surface area (Å²) in [6.07, 6.45) is 1.09. The molecule has 3 N–H and O–H groups in total. The minimum Gasteiger partial charge on any atom is -0.475 e. The van der Waals surface area contributed by atoms with Crippen LogP contribution in [0.1, 0.15) is 17.5 Å². The van der Waals surface area contributed by atoms with Gasteiger partial charge in [0, 0.05) is 18.7 Å². The van der Waals surface area contributed by atoms with Gasteiger partial charge in [-0.1, -0.05) is 24.4 Å². The van der Waals surface area contributed by atoms with E-state index in [0.717, 1.165) is 16.6 Å². The first-order valence-corrected chi connectivity index (χ1v) is 7.24. The van der Waals surface area contributed by atoms with Crippen molar-refractivity contribution in [2.45, 2.75) is 6.92 Å². The zero-order valence-corrected chi connectivity index (χ0v) is 13.9. The summed E-state index contributed by atoms with van der Waals surface area (Å²) in [5.74, 6) is -1.85. The molecule has 0 spiro atoms. The molecule has 0 aliphatic rings. The van der Waals surface area contributed by atoms with Crippen molar-refractivity contribution in [3.63, 3.8) is 0 Å². The van der Waals surface area contributed by atoms with Gasteiger partial charge >= 0.3 is 12.0 Å². The standard InChI is InChI=1S/C14H12ClN3O5S/c1-7(19)16-11-3-2-8(4-10(11)15)17-14(22)18(24)9-5-12(13(20)21)23-6-9/h2-6,24H,1H3,(H,16,19)(H,17,22)(H,20,21). The van der Waals surface area contributed by atoms with Gasteiger partial charge in [-0.3, -0.25) is 4.79 Å². The Hall–Kier alpha value is -2.65. The fourth-order valence-electron chi connectivity index (χ4n) is 1.73. The second-order valence-corrected chi connectivity index (χ2v) is 5.40. The van der Waals surface area contributed by atoms with Crippen molar-refractivity contribution in [2.24, 2.45) is 0 Å². The van der Waals surface area contributed by atoms with Crippen LogP contribution in [0.2, 0.25) is 5.02 Å². The third kappa shape index (κ3) is 4.21. The van der Waals surface area contributed by atoms with E-state index in [-0.39, 0.29) is 22.4 Å². The van der Waals surface area contributed by atoms with Gasteiger partial charge < -0.3 is 20.2 Å². The van der Waals surface area contributed by atoms with Crippen molar-refractivity contribution < 1.29 is 23.9 Å². The van der Waals surface area contributed by atoms with E-state index >= 15 is 0 Å². The van der Waals surface area contributed by atoms with Crippen molar-refractivity contribution in [2.75, 3.05) is 14.9 Å². The summed E-state index contributed by atoms with van der Waals surface area (Å²) in [5, 5.41) is 14.1. The molecule has 0 radical (unpaired) electrons. The summed E-state index contributed by atoms with van der Waals surface area (Å²) in [7, 11) is 0. The van der Waals surface area contributed by atoms with Gasteiger partial charge in [-0.15, -0.1) is 0 Å². The predicted octanol–water partition coefficient (Wildman–Crippen LogP) is 3.47. The first kappa shape index (κ1) is 17.7. The van der Waals surface area contributed by atoms with Crippen LogP contribution < -0.4 is 14.9 Å². The molecule has 0 atom stereocenters. The Labute approximate surface area is 146 Å². The van der Waals surface area contributed by atoms with E-state index in [0.29, 0.717) is 11.4 Å². The number of benzene rings is 1. The number of hydrogen-bond acceptors (Lipinski definition) is 5. The highest BCUT2D eigenvalue weighted by Crippen LogP contribution is 2.27. The van der Waals surface area contributed by atoms with Crippen LogP contribution in [0, 0.1) is 0 Å². The fourth-order valence-corrected chi connectivity index (χ4v) is 2.11. The van der Waals surface area contributed by atoms with Crippen LogP contribution in [0.3, 0.4) is 0 Å². The van der Waals surface area contributed by atoms with Crippen molar-refractivity contribution in [3.8, 4) is 0 Å². The van der Waals surface area contributed by atoms with Crippen molar-refractivity contribution in [3.05, 3.63) is 41.3 Å². The lowest BCUT2D eigenvalue weighted by Gasteiger charge is -2.15. The van der Waals surface area contributed by atoms with E-state index in [2.05, 4.69) is 23.4 Å². The van der Waals surface area contributed by atoms with Gasteiger partial charge in [0.15, 0.2) is 0 Å². The lowest BCUT2D eigenvalue weighted by atomic mass is 10.2. The molecule has 1 aromatic heterocycles. The number of furan rings is 1. The molecule has 24 heavy (non-hydrogen) atoms. The van der Waals surface area contributed by atoms with Crippen molar-refractivity contribution in [1.29, 1.82) is 0 Å². The second kappa shape index (κ2) is 7.28. The molecule has 8 nitrogen and oxygen atoms in total. The van der Waals surface area contributed by atoms with Gasteiger partial charge in [-0.2, -0.15) is 0 Å². The Bertz CT molecular complexity index is 807. The minimum absolute atomic E-state index is 0.147. The third-order valence-corrected chi connectivity index (χ3v) is 3.49. The maximum atomic E-state index is 12.1. The summed E-state index contributed by atoms with van der Waals surface area (Å²) in [4.78, 5) is 33.9. The number of halogens is 1. The van der Waals surface area contributed by atoms with Crippen LogP contribution in [0.4, 0.5) is 21.9 Å². The lowest BCUT2D eigenvalue weighted by molar-refractivity contribution is -0.114. The topological polar surface area (TPSA) is 112 Å². The van der Waals surface area contributed by atoms with Crippen LogP contribution in [-0.4, -0.2) is 23.0 Å². The van der Waals surface area contributed by atoms with Gasteiger partial charge in [-0.05, 0) is 18.2 Å². The molecule has 0 unspecified atom stereocenters. The molecule has 3 amide bonds. The number of carboxylic acids is 1. The van der Waals surface area contributed by atoms with Gasteiger partial charge in [0.25, 0.3) is 0 Å². The van der Waals surface area contributed by atoms with Gasteiger partial charge in [0.1, 0.15) is 6.26 Å². The summed E-state index contributed by atoms with van der Waals surface area (Å²) in [6, 6.07) is 5.02. The number of nitrogens with one attached hydrogen (secondary N) is 2. The monoisotopic (exact) mass is 369 g/mol. The zero-order chi connectivity index (χ0) is 17.9. The van der Waals surface area contributed by atoms with Gasteiger partial charge in [0.2, 0.25) is 11.7 Å². The Morgan fingerprint density at radius 2 is 1.96 bits per heavy atom. The number of thiol groups is 1. The number of amides is 3. The number of rotatable bonds is 4. The molecule has 1 heterocycles. The number of carboxylic acid groups (broad SMARTS) is 1. The Morgan fingerprint density at radius 3 is 2.50 bits per heavy atom. The average Bonchev–Trinajstić information content (AvgIpc) is 2.99. The van der Waals surface area contributed by atoms with Crippen molar-refractivity contribution >= 4 is 59.4 Å². The van der Waals surface area contributed by atoms with Crippen LogP contribution in [0.15, 0.2) is 34.9 Å². The molecular weight excluding hydrogens is 358 g/mol. The molecule has 0 saturated carbocycles. The fraction of sp³-hybridized carbons (Fsp3) is 0.0714. The second-order valence-electron chi connectivity index (χ2n) is 4.59. The molecule has 0 bridgehead atoms. The van der Waals surface area contributed by atoms with Crippen molar-refractivity contribution in [1.82, 2.24) is 0 Å². The Morgan fingerprint density at radius 1 is 1.25 bits per heavy atom. The Kier molecular flexibility index (Phi) is 5.37. The van der Waals surface area contributed by atoms with E-state index in [1.807, 2.05) is 0 Å². The Balaban J connectivity index is 2.09. The molecule has 2 aromatic rings. The molecule has 1 aromatic carbocycles. The van der Waals surface area contributed by atoms with E-state index < -0.39 is 12.0 Å². The summed E-state index contributed by atoms with van der Waals surface area (Å²) in [5.41, 5.74) is 0.917. The molecule has 126 valence electrons. The van der Waals surface area contributed by atoms with Crippen LogP contribution in [-0.2, 0) is 4.79 Å². The normalized spacial score (nSPS) is 10.1. The highest BCUT2D eigenvalue weighted by molar-refractivity contribution is 7.82. The number of nitrogens with zero attached hydrogens (tertiary/aromatic N) is 1. The van der Waals surface area contributed by atoms with E-state index in [4.69, 9.17) is 21.1 Å². The molecule has 0 aliphatic heterocycles. The molecular formula is C14H12ClN3O5S. The number of aromatic carboxylic acids is 1. The highest BCUT2D eigenvalue weighted by atomic mass is 35.5. The lowest BCUT2D eigenvalue weighted by Crippen LogP contribution is -2.26. The highest BCUT2D eigenvalue weighted by Gasteiger charge is 2.18. The third-order valence-electron chi connectivity index (χ3n) is 2.76. The van der Waals surface area contributed by atoms with Gasteiger partial charge in [0.05, 0.1) is 16.4 Å². The van der Waals surface area contributed by atoms with E-state index in [1.165, 1.54) is 25.1 Å². The quantitative estimate of drug-likeness (QED) is 0.616. The molecule has 0 saturated heterocycles. The SMILES string of the molecule is CC(=O)Nc1ccc(NC(=O)N(S)c2coc(C(=O)O)c2)cc1Cl. The van der Waals surface area contributed by atoms with Gasteiger partial charge in [-0.25, -0.2) is 13.9 Å². The summed E-state index contributed by atoms with van der Waals surface area (Å²) >= 11 is 10.0. The molecule has 0 aliphatic carbocycles. The minimum atomic E-state index is -1.26. The van der Waals surface area contributed by atoms with Crippen LogP contribution >= 0.6 is 24.4 Å². The number of carbonyl (C=O) groups excluding carboxylic acids is 2. The summed E-state index contributed by atoms with van der Waals surface area (Å²) in [6.45, 7) is 1.35. The predicted molar refractivity (Wildman–Crippen MR) is 91.9 cm³/mol. The smallest absolute Gasteiger partial charge is 0.371 e. The van der Waals surface area contributed by atoms with Crippen LogP contribution in [0.5, 0.6) is 0 Å². The number of urea groups is 1. The molecule has 2 rings (SSSR count). The summed E-state index contributed by atoms with van der Waals surface area (Å²) < 4.78 is 5.67. The molecule has 10 heteroatoms. The first-order chi connectivity index (χ1) is 11.3. The average molecular weight is 370 g/mol. The molecule has 0 fully saturated rings. The maximum Gasteiger partial charge on any atom is 0.371 e.